The molecular weight excluding hydrogens is 504 g/mol. The van der Waals surface area contributed by atoms with E-state index < -0.39 is 0 Å². The zero-order valence-corrected chi connectivity index (χ0v) is 24.3. The molecular formula is C31H42N6O3. The van der Waals surface area contributed by atoms with E-state index in [9.17, 15) is 4.79 Å². The third-order valence-corrected chi connectivity index (χ3v) is 8.93. The van der Waals surface area contributed by atoms with E-state index >= 15 is 0 Å². The lowest BCUT2D eigenvalue weighted by Crippen LogP contribution is -2.40. The number of ether oxygens (including phenoxy) is 2. The minimum absolute atomic E-state index is 0.104. The van der Waals surface area contributed by atoms with Crippen LogP contribution in [0.2, 0.25) is 0 Å². The Hall–Kier alpha value is -3.20. The Labute approximate surface area is 236 Å². The van der Waals surface area contributed by atoms with Crippen LogP contribution in [0, 0.1) is 32.6 Å². The van der Waals surface area contributed by atoms with Crippen molar-refractivity contribution in [3.63, 3.8) is 0 Å². The molecule has 2 aliphatic heterocycles. The molecule has 2 saturated heterocycles. The highest BCUT2D eigenvalue weighted by Crippen LogP contribution is 2.37. The number of amides is 1. The molecule has 6 rings (SSSR count). The lowest BCUT2D eigenvalue weighted by Gasteiger charge is -2.32. The van der Waals surface area contributed by atoms with E-state index in [1.54, 1.807) is 4.52 Å². The predicted molar refractivity (Wildman–Crippen MR) is 154 cm³/mol. The van der Waals surface area contributed by atoms with Gasteiger partial charge in [-0.2, -0.15) is 9.50 Å². The molecule has 0 radical (unpaired) electrons. The quantitative estimate of drug-likeness (QED) is 0.467. The summed E-state index contributed by atoms with van der Waals surface area (Å²) in [4.78, 5) is 26.6. The van der Waals surface area contributed by atoms with Crippen molar-refractivity contribution in [1.29, 1.82) is 0 Å². The fourth-order valence-electron chi connectivity index (χ4n) is 6.72. The van der Waals surface area contributed by atoms with Crippen LogP contribution in [-0.2, 0) is 9.53 Å². The van der Waals surface area contributed by atoms with Gasteiger partial charge in [0.05, 0.1) is 31.1 Å². The van der Waals surface area contributed by atoms with Crippen molar-refractivity contribution in [3.05, 3.63) is 47.0 Å². The molecule has 214 valence electrons. The summed E-state index contributed by atoms with van der Waals surface area (Å²) in [6, 6.07) is 9.11. The molecule has 3 fully saturated rings. The number of nitrogens with zero attached hydrogens (tertiary/aromatic N) is 6. The number of carbonyl (C=O) groups is 1. The summed E-state index contributed by atoms with van der Waals surface area (Å²) in [5.41, 5.74) is 4.43. The summed E-state index contributed by atoms with van der Waals surface area (Å²) < 4.78 is 13.9. The summed E-state index contributed by atoms with van der Waals surface area (Å²) in [5.74, 6) is 3.60. The molecule has 4 heterocycles. The Morgan fingerprint density at radius 1 is 0.975 bits per heavy atom. The van der Waals surface area contributed by atoms with E-state index in [1.165, 1.54) is 11.3 Å². The predicted octanol–water partition coefficient (Wildman–Crippen LogP) is 4.48. The number of aryl methyl sites for hydroxylation is 3. The fraction of sp³-hybridized carbons (Fsp3) is 0.613. The van der Waals surface area contributed by atoms with Crippen molar-refractivity contribution in [2.24, 2.45) is 11.8 Å². The van der Waals surface area contributed by atoms with Crippen LogP contribution in [0.3, 0.4) is 0 Å². The van der Waals surface area contributed by atoms with Crippen molar-refractivity contribution in [3.8, 4) is 5.75 Å². The number of benzene rings is 1. The summed E-state index contributed by atoms with van der Waals surface area (Å²) in [7, 11) is 0. The Bertz CT molecular complexity index is 1350. The van der Waals surface area contributed by atoms with E-state index in [4.69, 9.17) is 9.47 Å². The summed E-state index contributed by atoms with van der Waals surface area (Å²) >= 11 is 0. The van der Waals surface area contributed by atoms with Crippen molar-refractivity contribution < 1.29 is 14.3 Å². The highest BCUT2D eigenvalue weighted by atomic mass is 16.5. The molecule has 0 bridgehead atoms. The standard InChI is InChI=1S/C31H42N6O3/c1-20-17-36(15-16-39-19-20)30(38)26-7-5-24(6-8-26)25-9-11-27(12-10-25)35-14-13-28(18-35)40-29-21(2)32-31-33-23(4)34-37(31)22(29)3/h9-12,20,24,26,28H,5-8,13-19H2,1-4H3/t20-,24-,26-,28-/m1/s1. The third kappa shape index (κ3) is 5.53. The van der Waals surface area contributed by atoms with E-state index in [0.29, 0.717) is 36.0 Å². The van der Waals surface area contributed by atoms with Crippen LogP contribution in [0.5, 0.6) is 5.75 Å². The molecule has 1 aliphatic carbocycles. The second-order valence-corrected chi connectivity index (χ2v) is 12.1. The second-order valence-electron chi connectivity index (χ2n) is 12.1. The fourth-order valence-corrected chi connectivity index (χ4v) is 6.72. The zero-order chi connectivity index (χ0) is 27.8. The number of hydrogen-bond acceptors (Lipinski definition) is 7. The van der Waals surface area contributed by atoms with Crippen LogP contribution >= 0.6 is 0 Å². The molecule has 1 aromatic carbocycles. The second kappa shape index (κ2) is 11.4. The zero-order valence-electron chi connectivity index (χ0n) is 24.3. The topological polar surface area (TPSA) is 85.1 Å². The van der Waals surface area contributed by atoms with Crippen molar-refractivity contribution in [1.82, 2.24) is 24.5 Å². The Morgan fingerprint density at radius 2 is 1.75 bits per heavy atom. The summed E-state index contributed by atoms with van der Waals surface area (Å²) in [5, 5.41) is 4.47. The largest absolute Gasteiger partial charge is 0.485 e. The van der Waals surface area contributed by atoms with Gasteiger partial charge in [-0.15, -0.1) is 5.10 Å². The van der Waals surface area contributed by atoms with Gasteiger partial charge in [-0.25, -0.2) is 4.98 Å². The van der Waals surface area contributed by atoms with Gasteiger partial charge in [0.25, 0.3) is 5.78 Å². The van der Waals surface area contributed by atoms with Gasteiger partial charge in [-0.05, 0) is 76.0 Å². The highest BCUT2D eigenvalue weighted by Gasteiger charge is 2.32. The van der Waals surface area contributed by atoms with E-state index in [1.807, 2.05) is 20.8 Å². The first-order valence-electron chi connectivity index (χ1n) is 14.9. The average Bonchev–Trinajstić information content (AvgIpc) is 3.52. The molecule has 2 atom stereocenters. The number of carbonyl (C=O) groups excluding carboxylic acids is 1. The molecule has 1 amide bonds. The van der Waals surface area contributed by atoms with Crippen molar-refractivity contribution in [2.75, 3.05) is 44.3 Å². The van der Waals surface area contributed by atoms with Gasteiger partial charge in [0, 0.05) is 37.7 Å². The van der Waals surface area contributed by atoms with Gasteiger partial charge in [-0.3, -0.25) is 4.79 Å². The van der Waals surface area contributed by atoms with Gasteiger partial charge in [0.2, 0.25) is 5.91 Å². The maximum absolute atomic E-state index is 13.2. The monoisotopic (exact) mass is 546 g/mol. The number of fused-ring (bicyclic) bond motifs is 1. The van der Waals surface area contributed by atoms with Crippen LogP contribution in [-0.4, -0.2) is 75.9 Å². The van der Waals surface area contributed by atoms with Crippen LogP contribution in [0.15, 0.2) is 24.3 Å². The Balaban J connectivity index is 1.03. The lowest BCUT2D eigenvalue weighted by atomic mass is 9.78. The van der Waals surface area contributed by atoms with Crippen molar-refractivity contribution >= 4 is 17.4 Å². The summed E-state index contributed by atoms with van der Waals surface area (Å²) in [6.45, 7) is 12.8. The molecule has 9 nitrogen and oxygen atoms in total. The minimum atomic E-state index is 0.104. The summed E-state index contributed by atoms with van der Waals surface area (Å²) in [6.07, 6.45) is 5.20. The molecule has 1 saturated carbocycles. The van der Waals surface area contributed by atoms with E-state index in [0.717, 1.165) is 82.0 Å². The Kier molecular flexibility index (Phi) is 7.66. The molecule has 40 heavy (non-hydrogen) atoms. The van der Waals surface area contributed by atoms with Crippen molar-refractivity contribution in [2.45, 2.75) is 71.8 Å². The van der Waals surface area contributed by atoms with E-state index in [-0.39, 0.29) is 12.0 Å². The van der Waals surface area contributed by atoms with E-state index in [2.05, 4.69) is 56.1 Å². The average molecular weight is 547 g/mol. The molecule has 0 spiro atoms. The van der Waals surface area contributed by atoms with Gasteiger partial charge >= 0.3 is 0 Å². The molecule has 9 heteroatoms. The van der Waals surface area contributed by atoms with Crippen LogP contribution < -0.4 is 9.64 Å². The number of aromatic nitrogens is 4. The number of anilines is 1. The number of rotatable bonds is 5. The van der Waals surface area contributed by atoms with Gasteiger partial charge in [-0.1, -0.05) is 19.1 Å². The lowest BCUT2D eigenvalue weighted by molar-refractivity contribution is -0.137. The third-order valence-electron chi connectivity index (χ3n) is 8.93. The number of hydrogen-bond donors (Lipinski definition) is 0. The SMILES string of the molecule is Cc1nc2nc(C)c(O[C@@H]3CCN(c4ccc([C@H]5CC[C@H](C(=O)N6CCOC[C@H](C)C6)CC5)cc4)C3)c(C)n2n1. The van der Waals surface area contributed by atoms with Crippen LogP contribution in [0.25, 0.3) is 5.78 Å². The van der Waals surface area contributed by atoms with Gasteiger partial charge < -0.3 is 19.3 Å². The molecule has 3 aromatic rings. The van der Waals surface area contributed by atoms with Crippen LogP contribution in [0.1, 0.15) is 67.7 Å². The highest BCUT2D eigenvalue weighted by molar-refractivity contribution is 5.79. The molecule has 0 N–H and O–H groups in total. The normalized spacial score (nSPS) is 25.8. The minimum Gasteiger partial charge on any atom is -0.485 e. The first-order valence-corrected chi connectivity index (χ1v) is 14.9. The van der Waals surface area contributed by atoms with Crippen LogP contribution in [0.4, 0.5) is 5.69 Å². The smallest absolute Gasteiger partial charge is 0.253 e. The maximum atomic E-state index is 13.2. The molecule has 3 aliphatic rings. The molecule has 0 unspecified atom stereocenters. The van der Waals surface area contributed by atoms with Gasteiger partial charge in [0.1, 0.15) is 11.9 Å². The first kappa shape index (κ1) is 27.0. The Morgan fingerprint density at radius 3 is 2.52 bits per heavy atom. The molecule has 2 aromatic heterocycles. The van der Waals surface area contributed by atoms with Gasteiger partial charge in [0.15, 0.2) is 5.75 Å². The first-order chi connectivity index (χ1) is 19.4. The maximum Gasteiger partial charge on any atom is 0.253 e.